The molecule has 1 fully saturated rings. The number of aliphatic hydroxyl groups excluding tert-OH is 1. The van der Waals surface area contributed by atoms with Crippen LogP contribution in [0, 0.1) is 5.92 Å². The molecule has 7 nitrogen and oxygen atoms in total. The lowest BCUT2D eigenvalue weighted by Crippen LogP contribution is -2.54. The third-order valence-corrected chi connectivity index (χ3v) is 3.73. The van der Waals surface area contributed by atoms with Gasteiger partial charge in [-0.15, -0.1) is 0 Å². The maximum absolute atomic E-state index is 12.6. The van der Waals surface area contributed by atoms with Crippen LogP contribution in [0.15, 0.2) is 0 Å². The van der Waals surface area contributed by atoms with Crippen LogP contribution in [-0.2, 0) is 9.53 Å². The van der Waals surface area contributed by atoms with Crippen LogP contribution in [0.3, 0.4) is 0 Å². The number of ether oxygens (including phenoxy) is 1. The highest BCUT2D eigenvalue weighted by atomic mass is 16.6. The highest BCUT2D eigenvalue weighted by Gasteiger charge is 2.29. The predicted octanol–water partition coefficient (Wildman–Crippen LogP) is 1.15. The fourth-order valence-corrected chi connectivity index (χ4v) is 2.64. The number of hydrogen-bond acceptors (Lipinski definition) is 5. The Morgan fingerprint density at radius 3 is 2.58 bits per heavy atom. The van der Waals surface area contributed by atoms with Gasteiger partial charge in [-0.2, -0.15) is 0 Å². The average molecular weight is 343 g/mol. The first kappa shape index (κ1) is 20.7. The van der Waals surface area contributed by atoms with E-state index in [1.54, 1.807) is 20.8 Å². The second kappa shape index (κ2) is 9.22. The molecule has 24 heavy (non-hydrogen) atoms. The first-order valence-electron chi connectivity index (χ1n) is 8.77. The first-order valence-corrected chi connectivity index (χ1v) is 8.77. The Hall–Kier alpha value is -1.34. The molecule has 0 radical (unpaired) electrons. The second-order valence-electron chi connectivity index (χ2n) is 7.86. The summed E-state index contributed by atoms with van der Waals surface area (Å²) in [6, 6.07) is -0.981. The summed E-state index contributed by atoms with van der Waals surface area (Å²) in [5, 5.41) is 18.8. The zero-order valence-corrected chi connectivity index (χ0v) is 15.5. The summed E-state index contributed by atoms with van der Waals surface area (Å²) in [6.45, 7) is 10.6. The molecule has 0 aromatic heterocycles. The fraction of sp³-hybridized carbons (Fsp3) is 0.882. The second-order valence-corrected chi connectivity index (χ2v) is 7.86. The number of hydrogen-bond donors (Lipinski definition) is 4. The van der Waals surface area contributed by atoms with Crippen LogP contribution in [0.4, 0.5) is 4.79 Å². The summed E-state index contributed by atoms with van der Waals surface area (Å²) in [5.74, 6) is -0.0445. The molecule has 0 aromatic carbocycles. The van der Waals surface area contributed by atoms with Gasteiger partial charge in [0.1, 0.15) is 11.6 Å². The van der Waals surface area contributed by atoms with Gasteiger partial charge in [-0.3, -0.25) is 4.79 Å². The summed E-state index contributed by atoms with van der Waals surface area (Å²) in [4.78, 5) is 24.6. The van der Waals surface area contributed by atoms with E-state index >= 15 is 0 Å². The number of aliphatic hydroxyl groups is 1. The summed E-state index contributed by atoms with van der Waals surface area (Å²) >= 11 is 0. The minimum atomic E-state index is -0.678. The van der Waals surface area contributed by atoms with Crippen molar-refractivity contribution in [3.05, 3.63) is 0 Å². The van der Waals surface area contributed by atoms with E-state index in [9.17, 15) is 14.7 Å². The van der Waals surface area contributed by atoms with Crippen molar-refractivity contribution in [1.82, 2.24) is 16.0 Å². The standard InChI is InChI=1S/C17H33N3O4/c1-11(2)9-13(20-16(23)24-17(3,4)5)15(22)19-12-7-6-8-18-10-14(12)21/h11-14,18,21H,6-10H2,1-5H3,(H,19,22)(H,20,23). The van der Waals surface area contributed by atoms with Gasteiger partial charge in [-0.1, -0.05) is 13.8 Å². The minimum Gasteiger partial charge on any atom is -0.444 e. The number of amides is 2. The van der Waals surface area contributed by atoms with Crippen molar-refractivity contribution >= 4 is 12.0 Å². The number of alkyl carbamates (subject to hydrolysis) is 1. The van der Waals surface area contributed by atoms with E-state index in [-0.39, 0.29) is 17.9 Å². The molecule has 0 spiro atoms. The van der Waals surface area contributed by atoms with Crippen LogP contribution >= 0.6 is 0 Å². The van der Waals surface area contributed by atoms with E-state index in [2.05, 4.69) is 16.0 Å². The summed E-state index contributed by atoms with van der Waals surface area (Å²) in [6.07, 6.45) is 0.868. The van der Waals surface area contributed by atoms with Crippen LogP contribution in [0.2, 0.25) is 0 Å². The molecule has 1 aliphatic rings. The van der Waals surface area contributed by atoms with Crippen molar-refractivity contribution in [1.29, 1.82) is 0 Å². The van der Waals surface area contributed by atoms with E-state index in [0.29, 0.717) is 19.4 Å². The maximum atomic E-state index is 12.6. The molecule has 0 bridgehead atoms. The lowest BCUT2D eigenvalue weighted by atomic mass is 10.0. The van der Waals surface area contributed by atoms with E-state index < -0.39 is 23.8 Å². The summed E-state index contributed by atoms with van der Waals surface area (Å²) in [7, 11) is 0. The van der Waals surface area contributed by atoms with E-state index in [1.165, 1.54) is 0 Å². The van der Waals surface area contributed by atoms with Crippen LogP contribution in [0.25, 0.3) is 0 Å². The number of carbonyl (C=O) groups excluding carboxylic acids is 2. The quantitative estimate of drug-likeness (QED) is 0.600. The molecule has 0 aliphatic carbocycles. The van der Waals surface area contributed by atoms with E-state index in [1.807, 2.05) is 13.8 Å². The van der Waals surface area contributed by atoms with Gasteiger partial charge in [-0.05, 0) is 52.5 Å². The molecule has 2 amide bonds. The normalized spacial score (nSPS) is 23.3. The summed E-state index contributed by atoms with van der Waals surface area (Å²) in [5.41, 5.74) is -0.619. The van der Waals surface area contributed by atoms with Gasteiger partial charge in [0.05, 0.1) is 12.1 Å². The molecule has 1 rings (SSSR count). The third-order valence-electron chi connectivity index (χ3n) is 3.73. The monoisotopic (exact) mass is 343 g/mol. The number of rotatable bonds is 5. The van der Waals surface area contributed by atoms with Crippen LogP contribution in [-0.4, -0.2) is 54.0 Å². The molecular weight excluding hydrogens is 310 g/mol. The van der Waals surface area contributed by atoms with Crippen LogP contribution < -0.4 is 16.0 Å². The Labute approximate surface area is 144 Å². The minimum absolute atomic E-state index is 0.233. The SMILES string of the molecule is CC(C)CC(NC(=O)OC(C)(C)C)C(=O)NC1CCCNCC1O. The van der Waals surface area contributed by atoms with Gasteiger partial charge in [-0.25, -0.2) is 4.79 Å². The smallest absolute Gasteiger partial charge is 0.408 e. The highest BCUT2D eigenvalue weighted by molar-refractivity contribution is 5.85. The van der Waals surface area contributed by atoms with Gasteiger partial charge in [0.15, 0.2) is 0 Å². The fourth-order valence-electron chi connectivity index (χ4n) is 2.64. The van der Waals surface area contributed by atoms with Gasteiger partial charge >= 0.3 is 6.09 Å². The Kier molecular flexibility index (Phi) is 7.96. The number of nitrogens with one attached hydrogen (secondary N) is 3. The predicted molar refractivity (Wildman–Crippen MR) is 92.7 cm³/mol. The molecule has 3 unspecified atom stereocenters. The molecular formula is C17H33N3O4. The van der Waals surface area contributed by atoms with Crippen LogP contribution in [0.1, 0.15) is 53.9 Å². The molecule has 1 aliphatic heterocycles. The van der Waals surface area contributed by atoms with Gasteiger partial charge in [0, 0.05) is 6.54 Å². The number of carbonyl (C=O) groups is 2. The molecule has 1 heterocycles. The van der Waals surface area contributed by atoms with Gasteiger partial charge < -0.3 is 25.8 Å². The molecule has 4 N–H and O–H groups in total. The van der Waals surface area contributed by atoms with E-state index in [0.717, 1.165) is 13.0 Å². The lowest BCUT2D eigenvalue weighted by Gasteiger charge is -2.27. The largest absolute Gasteiger partial charge is 0.444 e. The Morgan fingerprint density at radius 1 is 1.33 bits per heavy atom. The van der Waals surface area contributed by atoms with Crippen molar-refractivity contribution in [2.24, 2.45) is 5.92 Å². The highest BCUT2D eigenvalue weighted by Crippen LogP contribution is 2.11. The molecule has 0 aromatic rings. The molecule has 0 saturated carbocycles. The Morgan fingerprint density at radius 2 is 2.00 bits per heavy atom. The average Bonchev–Trinajstić information content (AvgIpc) is 2.60. The zero-order chi connectivity index (χ0) is 18.3. The van der Waals surface area contributed by atoms with E-state index in [4.69, 9.17) is 4.74 Å². The topological polar surface area (TPSA) is 99.7 Å². The maximum Gasteiger partial charge on any atom is 0.408 e. The van der Waals surface area contributed by atoms with Crippen molar-refractivity contribution in [3.8, 4) is 0 Å². The van der Waals surface area contributed by atoms with Gasteiger partial charge in [0.2, 0.25) is 5.91 Å². The van der Waals surface area contributed by atoms with Crippen LogP contribution in [0.5, 0.6) is 0 Å². The van der Waals surface area contributed by atoms with Crippen molar-refractivity contribution in [2.75, 3.05) is 13.1 Å². The summed E-state index contributed by atoms with van der Waals surface area (Å²) < 4.78 is 5.24. The Balaban J connectivity index is 2.68. The molecule has 140 valence electrons. The first-order chi connectivity index (χ1) is 11.1. The number of β-amino-alcohol motifs (C(OH)–C–C–N with tert-alkyl or cyclic N) is 1. The van der Waals surface area contributed by atoms with Crippen molar-refractivity contribution < 1.29 is 19.4 Å². The molecule has 7 heteroatoms. The molecule has 3 atom stereocenters. The molecule has 1 saturated heterocycles. The Bertz CT molecular complexity index is 421. The third kappa shape index (κ3) is 7.97. The zero-order valence-electron chi connectivity index (χ0n) is 15.5. The lowest BCUT2D eigenvalue weighted by molar-refractivity contribution is -0.125. The van der Waals surface area contributed by atoms with Crippen molar-refractivity contribution in [2.45, 2.75) is 77.7 Å². The van der Waals surface area contributed by atoms with Crippen molar-refractivity contribution in [3.63, 3.8) is 0 Å². The van der Waals surface area contributed by atoms with Gasteiger partial charge in [0.25, 0.3) is 0 Å².